The molecule has 10 aromatic rings. The average molecular weight is 1470 g/mol. The molecule has 4 saturated heterocycles. The minimum atomic E-state index is -5.37. The monoisotopic (exact) mass is 1470 g/mol. The van der Waals surface area contributed by atoms with E-state index in [2.05, 4.69) is 0 Å². The van der Waals surface area contributed by atoms with Gasteiger partial charge in [0.2, 0.25) is 0 Å². The van der Waals surface area contributed by atoms with Crippen molar-refractivity contribution in [2.45, 2.75) is 44.6 Å². The van der Waals surface area contributed by atoms with Gasteiger partial charge in [0.05, 0.1) is 13.2 Å². The summed E-state index contributed by atoms with van der Waals surface area (Å²) >= 11 is 0. The quantitative estimate of drug-likeness (QED) is 0.0434. The van der Waals surface area contributed by atoms with E-state index in [1.807, 2.05) is 274 Å². The molecule has 496 valence electrons. The average Bonchev–Trinajstić information content (AvgIpc) is 0.689. The Labute approximate surface area is 576 Å². The summed E-state index contributed by atoms with van der Waals surface area (Å²) in [5.41, 5.74) is 13.5. The molecule has 0 aromatic heterocycles. The number of benzene rings is 10. The van der Waals surface area contributed by atoms with Crippen molar-refractivity contribution in [1.29, 1.82) is 0 Å². The molecule has 14 rings (SSSR count). The van der Waals surface area contributed by atoms with Crippen molar-refractivity contribution in [2.24, 2.45) is 0 Å². The Hall–Kier alpha value is -6.99. The molecule has 0 spiro atoms. The van der Waals surface area contributed by atoms with Gasteiger partial charge in [-0.25, -0.2) is 0 Å². The van der Waals surface area contributed by atoms with E-state index >= 15 is 0 Å². The lowest BCUT2D eigenvalue weighted by Gasteiger charge is -2.58. The zero-order valence-electron chi connectivity index (χ0n) is 53.7. The van der Waals surface area contributed by atoms with Gasteiger partial charge in [0.1, 0.15) is 11.5 Å². The van der Waals surface area contributed by atoms with Crippen molar-refractivity contribution in [3.05, 3.63) is 291 Å². The summed E-state index contributed by atoms with van der Waals surface area (Å²) in [7, 11) is -49.4. The molecule has 4 heterocycles. The van der Waals surface area contributed by atoms with Crippen molar-refractivity contribution in [1.82, 2.24) is 0 Å². The maximum absolute atomic E-state index is 14.8. The van der Waals surface area contributed by atoms with Gasteiger partial charge in [-0.05, 0) is 98.3 Å². The van der Waals surface area contributed by atoms with Crippen LogP contribution in [0.1, 0.15) is 12.8 Å². The predicted molar refractivity (Wildman–Crippen MR) is 392 cm³/mol. The second kappa shape index (κ2) is 27.6. The van der Waals surface area contributed by atoms with Gasteiger partial charge in [-0.3, -0.25) is 0 Å². The normalized spacial score (nSPS) is 30.3. The molecule has 4 aliphatic rings. The maximum atomic E-state index is 14.8. The summed E-state index contributed by atoms with van der Waals surface area (Å²) in [6.07, 6.45) is 0.699. The number of nitrogens with two attached hydrogens (primary N) is 2. The van der Waals surface area contributed by atoms with Crippen LogP contribution in [0.4, 0.5) is 11.4 Å². The van der Waals surface area contributed by atoms with Crippen LogP contribution in [0.25, 0.3) is 0 Å². The molecule has 4 fully saturated rings. The number of ether oxygens (including phenoxy) is 2. The Bertz CT molecular complexity index is 3860. The van der Waals surface area contributed by atoms with Crippen molar-refractivity contribution in [3.63, 3.8) is 0 Å². The van der Waals surface area contributed by atoms with Crippen molar-refractivity contribution < 1.29 is 67.8 Å². The third-order valence-electron chi connectivity index (χ3n) is 17.0. The second-order valence-electron chi connectivity index (χ2n) is 24.4. The number of nitrogen functional groups attached to an aromatic ring is 2. The van der Waals surface area contributed by atoms with Crippen molar-refractivity contribution in [2.75, 3.05) is 24.7 Å². The highest BCUT2D eigenvalue weighted by Crippen LogP contribution is 2.45. The topological polar surface area (TPSA) is 211 Å². The Morgan fingerprint density at radius 2 is 0.495 bits per heavy atom. The van der Waals surface area contributed by atoms with Gasteiger partial charge in [0, 0.05) is 47.7 Å². The Morgan fingerprint density at radius 1 is 0.268 bits per heavy atom. The van der Waals surface area contributed by atoms with E-state index in [-0.39, 0.29) is 25.3 Å². The van der Waals surface area contributed by atoms with Gasteiger partial charge in [-0.1, -0.05) is 243 Å². The molecule has 4 aliphatic heterocycles. The molecule has 6 unspecified atom stereocenters. The number of hydrogen-bond donors (Lipinski definition) is 3. The Kier molecular flexibility index (Phi) is 19.1. The van der Waals surface area contributed by atoms with E-state index in [0.29, 0.717) is 77.2 Å². The minimum Gasteiger partial charge on any atom is -0.494 e. The smallest absolute Gasteiger partial charge is 0.494 e. The first-order valence-electron chi connectivity index (χ1n) is 32.2. The molecule has 18 nitrogen and oxygen atoms in total. The van der Waals surface area contributed by atoms with Gasteiger partial charge in [-0.15, -0.1) is 0 Å². The third kappa shape index (κ3) is 14.0. The van der Waals surface area contributed by atoms with Crippen LogP contribution in [0.5, 0.6) is 11.5 Å². The second-order valence-corrected chi connectivity index (χ2v) is 54.9. The van der Waals surface area contributed by atoms with Gasteiger partial charge in [-0.2, -0.15) is 0 Å². The van der Waals surface area contributed by atoms with Crippen LogP contribution in [-0.4, -0.2) is 105 Å². The highest BCUT2D eigenvalue weighted by atomic mass is 28.6. The molecule has 97 heavy (non-hydrogen) atoms. The van der Waals surface area contributed by atoms with Crippen LogP contribution in [0.15, 0.2) is 291 Å². The van der Waals surface area contributed by atoms with E-state index < -0.39 is 87.3 Å². The minimum absolute atomic E-state index is 0.188. The standard InChI is InChI=1S/C69H74N2O16Si10/c1-88(56-28-54-73-60-50-46-58(70)47-51-60)75-92(64-34-16-6-17-35-64)79-90(3,62-30-12-4-13-31-62)80-93(65-36-18-7-19-37-65)76-89(2,57-29-55-74-61-52-48-59(71)49-53-61)78-95(67-40-22-9-23-41-67)82-91(72,63-32-14-5-15-33-63)81-94(77-88,66-38-20-8-21-39-66)85-97(86-95,69-44-26-11-27-45-69)87-96(83-92,84-93)68-42-24-10-25-43-68/h4-27,30-53,72H,28-29,54-57,70-71H2,1-3H3. The molecule has 6 bridgehead atoms. The molecule has 5 N–H and O–H groups in total. The SMILES string of the molecule is C[Si]1(CCCOc2ccc(N)cc2)O[Si]2(c3ccccc3)O[Si](C)(c3ccccc3)O[Si]3(c4ccccc4)O[Si](C)(CCCOc4ccc(N)cc4)O[Si]4(c5ccccc5)O[Si](O)(c5ccccc5)O[Si](c5ccccc5)(O1)O[Si](c1ccccc1)(O4)O[Si](c1ccccc1)(O2)O3. The van der Waals surface area contributed by atoms with Gasteiger partial charge < -0.3 is 79.2 Å². The molecule has 0 aliphatic carbocycles. The van der Waals surface area contributed by atoms with E-state index in [9.17, 15) is 4.80 Å². The summed E-state index contributed by atoms with van der Waals surface area (Å²) in [4.78, 5) is 14.8. The summed E-state index contributed by atoms with van der Waals surface area (Å²) in [6.45, 7) is 6.33. The third-order valence-corrected chi connectivity index (χ3v) is 59.8. The van der Waals surface area contributed by atoms with E-state index in [4.69, 9.17) is 74.4 Å². The first-order valence-corrected chi connectivity index (χ1v) is 51.7. The highest BCUT2D eigenvalue weighted by Gasteiger charge is 2.80. The lowest BCUT2D eigenvalue weighted by molar-refractivity contribution is 0.0530. The Morgan fingerprint density at radius 3 is 0.763 bits per heavy atom. The highest BCUT2D eigenvalue weighted by molar-refractivity contribution is 7.10. The fourth-order valence-electron chi connectivity index (χ4n) is 12.4. The first kappa shape index (κ1) is 67.2. The number of anilines is 2. The van der Waals surface area contributed by atoms with Crippen LogP contribution in [0.2, 0.25) is 31.7 Å². The van der Waals surface area contributed by atoms with Crippen LogP contribution < -0.4 is 62.4 Å². The van der Waals surface area contributed by atoms with E-state index in [0.717, 1.165) is 0 Å². The maximum Gasteiger partial charge on any atom is 0.520 e. The van der Waals surface area contributed by atoms with Crippen LogP contribution in [0.3, 0.4) is 0 Å². The lowest BCUT2D eigenvalue weighted by atomic mass is 10.3. The fourth-order valence-corrected chi connectivity index (χ4v) is 66.1. The van der Waals surface area contributed by atoms with E-state index in [1.54, 1.807) is 36.4 Å². The van der Waals surface area contributed by atoms with Gasteiger partial charge in [0.15, 0.2) is 0 Å². The summed E-state index contributed by atoms with van der Waals surface area (Å²) < 4.78 is 122. The van der Waals surface area contributed by atoms with E-state index in [1.165, 1.54) is 0 Å². The number of hydrogen-bond acceptors (Lipinski definition) is 18. The van der Waals surface area contributed by atoms with Gasteiger partial charge >= 0.3 is 87.3 Å². The van der Waals surface area contributed by atoms with Crippen LogP contribution in [-0.2, 0) is 53.5 Å². The molecule has 0 amide bonds. The van der Waals surface area contributed by atoms with Crippen LogP contribution >= 0.6 is 0 Å². The molecular formula is C69H74N2O16Si10. The van der Waals surface area contributed by atoms with Crippen molar-refractivity contribution in [3.8, 4) is 11.5 Å². The zero-order valence-corrected chi connectivity index (χ0v) is 63.7. The molecule has 10 aromatic carbocycles. The van der Waals surface area contributed by atoms with Gasteiger partial charge in [0.25, 0.3) is 0 Å². The molecule has 28 heteroatoms. The molecule has 0 saturated carbocycles. The number of rotatable bonds is 18. The molecular weight excluding hydrogens is 1390 g/mol. The van der Waals surface area contributed by atoms with Crippen molar-refractivity contribution >= 4 is 140 Å². The number of fused-ring (bicyclic) bond motifs is 4. The predicted octanol–water partition coefficient (Wildman–Crippen LogP) is 7.40. The van der Waals surface area contributed by atoms with Crippen LogP contribution in [0, 0.1) is 0 Å². The summed E-state index contributed by atoms with van der Waals surface area (Å²) in [5, 5.41) is 3.83. The Balaban J connectivity index is 1.14. The fraction of sp³-hybridized carbons (Fsp3) is 0.130. The zero-order chi connectivity index (χ0) is 66.7. The largest absolute Gasteiger partial charge is 0.520 e. The summed E-state index contributed by atoms with van der Waals surface area (Å²) in [6, 6.07) is 91.1. The molecule has 0 radical (unpaired) electrons. The first-order chi connectivity index (χ1) is 47.0. The summed E-state index contributed by atoms with van der Waals surface area (Å²) in [5.74, 6) is 1.24. The lowest BCUT2D eigenvalue weighted by Crippen LogP contribution is -2.90. The molecule has 6 atom stereocenters.